The molecule has 0 aromatic heterocycles. The van der Waals surface area contributed by atoms with Crippen LogP contribution < -0.4 is 0 Å². The third-order valence-corrected chi connectivity index (χ3v) is 5.27. The maximum Gasteiger partial charge on any atom is 0.413 e. The van der Waals surface area contributed by atoms with Gasteiger partial charge in [0.1, 0.15) is 0 Å². The van der Waals surface area contributed by atoms with Gasteiger partial charge in [-0.2, -0.15) is 0 Å². The van der Waals surface area contributed by atoms with Crippen LogP contribution in [0.25, 0.3) is 0 Å². The molecule has 0 heterocycles. The van der Waals surface area contributed by atoms with E-state index in [1.807, 2.05) is 12.1 Å². The van der Waals surface area contributed by atoms with E-state index in [2.05, 4.69) is 48.5 Å². The van der Waals surface area contributed by atoms with Gasteiger partial charge in [-0.15, -0.1) is 0 Å². The minimum atomic E-state index is -1.33. The SMILES string of the molecule is COC[Si](OCCCc1ccccc1)OCCCc1ccccc1. The van der Waals surface area contributed by atoms with Crippen molar-refractivity contribution in [1.82, 2.24) is 0 Å². The molecule has 0 fully saturated rings. The summed E-state index contributed by atoms with van der Waals surface area (Å²) in [4.78, 5) is 0. The highest BCUT2D eigenvalue weighted by molar-refractivity contribution is 6.44. The van der Waals surface area contributed by atoms with Crippen LogP contribution in [0.3, 0.4) is 0 Å². The molecular weight excluding hydrogens is 316 g/mol. The Morgan fingerprint density at radius 3 is 1.58 bits per heavy atom. The van der Waals surface area contributed by atoms with E-state index in [1.165, 1.54) is 11.1 Å². The zero-order valence-electron chi connectivity index (χ0n) is 14.4. The fourth-order valence-electron chi connectivity index (χ4n) is 2.46. The Morgan fingerprint density at radius 2 is 1.17 bits per heavy atom. The predicted octanol–water partition coefficient (Wildman–Crippen LogP) is 3.96. The molecule has 0 bridgehead atoms. The first-order valence-corrected chi connectivity index (χ1v) is 10.1. The summed E-state index contributed by atoms with van der Waals surface area (Å²) in [7, 11) is 0.374. The van der Waals surface area contributed by atoms with Crippen molar-refractivity contribution >= 4 is 9.28 Å². The van der Waals surface area contributed by atoms with Crippen LogP contribution in [0.5, 0.6) is 0 Å². The van der Waals surface area contributed by atoms with Crippen molar-refractivity contribution in [2.45, 2.75) is 25.7 Å². The van der Waals surface area contributed by atoms with Gasteiger partial charge in [0.2, 0.25) is 0 Å². The molecule has 0 saturated heterocycles. The Balaban J connectivity index is 1.58. The Hall–Kier alpha value is -1.46. The summed E-state index contributed by atoms with van der Waals surface area (Å²) < 4.78 is 17.1. The van der Waals surface area contributed by atoms with Crippen LogP contribution in [0.2, 0.25) is 0 Å². The van der Waals surface area contributed by atoms with Crippen molar-refractivity contribution in [3.8, 4) is 0 Å². The molecule has 0 atom stereocenters. The topological polar surface area (TPSA) is 27.7 Å². The number of rotatable bonds is 12. The number of methoxy groups -OCH3 is 1. The standard InChI is InChI=1S/C20H27O3Si/c1-21-18-24(22-16-8-14-19-10-4-2-5-11-19)23-17-9-15-20-12-6-3-7-13-20/h2-7,10-13H,8-9,14-18H2,1H3. The van der Waals surface area contributed by atoms with Gasteiger partial charge in [-0.05, 0) is 36.8 Å². The molecule has 24 heavy (non-hydrogen) atoms. The van der Waals surface area contributed by atoms with Crippen molar-refractivity contribution in [3.63, 3.8) is 0 Å². The molecular formula is C20H27O3Si. The Labute approximate surface area is 147 Å². The smallest absolute Gasteiger partial charge is 0.392 e. The number of hydrogen-bond acceptors (Lipinski definition) is 3. The first-order valence-electron chi connectivity index (χ1n) is 8.56. The summed E-state index contributed by atoms with van der Waals surface area (Å²) in [5, 5.41) is 0. The van der Waals surface area contributed by atoms with Crippen LogP contribution in [-0.4, -0.2) is 35.8 Å². The lowest BCUT2D eigenvalue weighted by Crippen LogP contribution is -2.30. The van der Waals surface area contributed by atoms with Crippen LogP contribution in [0.4, 0.5) is 0 Å². The van der Waals surface area contributed by atoms with E-state index in [4.69, 9.17) is 13.6 Å². The zero-order valence-corrected chi connectivity index (χ0v) is 15.4. The predicted molar refractivity (Wildman–Crippen MR) is 99.1 cm³/mol. The van der Waals surface area contributed by atoms with Gasteiger partial charge < -0.3 is 13.6 Å². The fraction of sp³-hybridized carbons (Fsp3) is 0.400. The van der Waals surface area contributed by atoms with Gasteiger partial charge in [-0.3, -0.25) is 0 Å². The van der Waals surface area contributed by atoms with Crippen molar-refractivity contribution < 1.29 is 13.6 Å². The van der Waals surface area contributed by atoms with Crippen LogP contribution in [0.15, 0.2) is 60.7 Å². The molecule has 0 aliphatic carbocycles. The van der Waals surface area contributed by atoms with Gasteiger partial charge in [-0.1, -0.05) is 60.7 Å². The minimum absolute atomic E-state index is 0.571. The van der Waals surface area contributed by atoms with Crippen molar-refractivity contribution in [2.24, 2.45) is 0 Å². The van der Waals surface area contributed by atoms with Gasteiger partial charge in [0.25, 0.3) is 0 Å². The second kappa shape index (κ2) is 12.0. The lowest BCUT2D eigenvalue weighted by molar-refractivity contribution is 0.146. The summed E-state index contributed by atoms with van der Waals surface area (Å²) >= 11 is 0. The van der Waals surface area contributed by atoms with Gasteiger partial charge >= 0.3 is 9.28 Å². The summed E-state index contributed by atoms with van der Waals surface area (Å²) in [6.07, 6.45) is 4.67. The second-order valence-electron chi connectivity index (χ2n) is 5.68. The molecule has 2 aromatic rings. The maximum atomic E-state index is 5.91. The molecule has 129 valence electrons. The minimum Gasteiger partial charge on any atom is -0.392 e. The summed E-state index contributed by atoms with van der Waals surface area (Å²) in [5.74, 6) is 0. The van der Waals surface area contributed by atoms with Gasteiger partial charge in [0, 0.05) is 20.3 Å². The van der Waals surface area contributed by atoms with Crippen LogP contribution in [-0.2, 0) is 26.4 Å². The zero-order chi connectivity index (χ0) is 16.9. The molecule has 1 radical (unpaired) electrons. The van der Waals surface area contributed by atoms with Gasteiger partial charge in [0.05, 0.1) is 6.23 Å². The number of hydrogen-bond donors (Lipinski definition) is 0. The van der Waals surface area contributed by atoms with Crippen LogP contribution in [0, 0.1) is 0 Å². The van der Waals surface area contributed by atoms with E-state index >= 15 is 0 Å². The summed E-state index contributed by atoms with van der Waals surface area (Å²) in [6.45, 7) is 1.45. The average molecular weight is 344 g/mol. The molecule has 0 saturated carbocycles. The molecule has 0 N–H and O–H groups in total. The number of aryl methyl sites for hydroxylation is 2. The largest absolute Gasteiger partial charge is 0.413 e. The Morgan fingerprint density at radius 1 is 0.708 bits per heavy atom. The lowest BCUT2D eigenvalue weighted by Gasteiger charge is -2.14. The summed E-state index contributed by atoms with van der Waals surface area (Å²) in [5.41, 5.74) is 2.70. The molecule has 4 heteroatoms. The molecule has 0 amide bonds. The molecule has 0 spiro atoms. The second-order valence-corrected chi connectivity index (χ2v) is 7.29. The quantitative estimate of drug-likeness (QED) is 0.431. The monoisotopic (exact) mass is 343 g/mol. The first kappa shape index (κ1) is 18.9. The van der Waals surface area contributed by atoms with Crippen LogP contribution >= 0.6 is 0 Å². The Bertz CT molecular complexity index is 486. The first-order chi connectivity index (χ1) is 11.9. The van der Waals surface area contributed by atoms with Crippen LogP contribution in [0.1, 0.15) is 24.0 Å². The summed E-state index contributed by atoms with van der Waals surface area (Å²) in [6, 6.07) is 21.0. The molecule has 0 aliphatic rings. The van der Waals surface area contributed by atoms with Gasteiger partial charge in [0.15, 0.2) is 0 Å². The molecule has 0 aliphatic heterocycles. The third kappa shape index (κ3) is 7.88. The van der Waals surface area contributed by atoms with E-state index in [9.17, 15) is 0 Å². The van der Waals surface area contributed by atoms with E-state index in [-0.39, 0.29) is 0 Å². The van der Waals surface area contributed by atoms with E-state index in [0.29, 0.717) is 6.23 Å². The molecule has 2 rings (SSSR count). The van der Waals surface area contributed by atoms with E-state index in [0.717, 1.165) is 38.9 Å². The van der Waals surface area contributed by atoms with Crippen molar-refractivity contribution in [2.75, 3.05) is 26.6 Å². The highest BCUT2D eigenvalue weighted by atomic mass is 28.3. The fourth-order valence-corrected chi connectivity index (χ4v) is 3.69. The van der Waals surface area contributed by atoms with Gasteiger partial charge in [-0.25, -0.2) is 0 Å². The number of ether oxygens (including phenoxy) is 1. The van der Waals surface area contributed by atoms with E-state index in [1.54, 1.807) is 7.11 Å². The van der Waals surface area contributed by atoms with Crippen molar-refractivity contribution in [1.29, 1.82) is 0 Å². The molecule has 0 unspecified atom stereocenters. The highest BCUT2D eigenvalue weighted by Crippen LogP contribution is 2.05. The molecule has 3 nitrogen and oxygen atoms in total. The lowest BCUT2D eigenvalue weighted by atomic mass is 10.1. The van der Waals surface area contributed by atoms with Crippen molar-refractivity contribution in [3.05, 3.63) is 71.8 Å². The molecule has 2 aromatic carbocycles. The Kier molecular flexibility index (Phi) is 9.42. The highest BCUT2D eigenvalue weighted by Gasteiger charge is 2.15. The average Bonchev–Trinajstić information content (AvgIpc) is 2.64. The normalized spacial score (nSPS) is 11.1. The maximum absolute atomic E-state index is 5.91. The van der Waals surface area contributed by atoms with E-state index < -0.39 is 9.28 Å². The number of benzene rings is 2. The third-order valence-electron chi connectivity index (χ3n) is 3.69.